The van der Waals surface area contributed by atoms with Crippen LogP contribution < -0.4 is 10.6 Å². The number of anilines is 2. The summed E-state index contributed by atoms with van der Waals surface area (Å²) in [5.74, 6) is -0.563. The highest BCUT2D eigenvalue weighted by Crippen LogP contribution is 2.34. The lowest BCUT2D eigenvalue weighted by Gasteiger charge is -2.16. The quantitative estimate of drug-likeness (QED) is 0.790. The highest BCUT2D eigenvalue weighted by Gasteiger charge is 2.20. The molecule has 0 atom stereocenters. The molecule has 4 nitrogen and oxygen atoms in total. The van der Waals surface area contributed by atoms with Gasteiger partial charge in [-0.2, -0.15) is 0 Å². The zero-order valence-electron chi connectivity index (χ0n) is 11.2. The number of hydrogen-bond acceptors (Lipinski definition) is 4. The molecule has 106 valence electrons. The number of amides is 1. The normalized spacial score (nSPS) is 10.8. The molecule has 2 aromatic heterocycles. The minimum atomic E-state index is -0.341. The van der Waals surface area contributed by atoms with Gasteiger partial charge in [0.25, 0.3) is 5.91 Å². The predicted molar refractivity (Wildman–Crippen MR) is 83.2 cm³/mol. The van der Waals surface area contributed by atoms with Crippen molar-refractivity contribution in [1.29, 1.82) is 0 Å². The second-order valence-corrected chi connectivity index (χ2v) is 5.61. The van der Waals surface area contributed by atoms with E-state index in [-0.39, 0.29) is 11.7 Å². The third kappa shape index (κ3) is 2.34. The minimum absolute atomic E-state index is 0.222. The first kappa shape index (κ1) is 13.5. The molecule has 0 saturated carbocycles. The Balaban J connectivity index is 2.00. The zero-order valence-corrected chi connectivity index (χ0v) is 12.0. The summed E-state index contributed by atoms with van der Waals surface area (Å²) in [4.78, 5) is 18.5. The average Bonchev–Trinajstić information content (AvgIpc) is 2.84. The van der Waals surface area contributed by atoms with Crippen LogP contribution in [0.1, 0.15) is 9.67 Å². The van der Waals surface area contributed by atoms with E-state index in [2.05, 4.69) is 4.98 Å². The third-order valence-corrected chi connectivity index (χ3v) is 4.39. The molecule has 0 unspecified atom stereocenters. The minimum Gasteiger partial charge on any atom is -0.397 e. The third-order valence-electron chi connectivity index (χ3n) is 3.24. The number of thiophene rings is 1. The predicted octanol–water partition coefficient (Wildman–Crippen LogP) is 3.29. The Hall–Kier alpha value is -2.47. The number of hydrogen-bond donors (Lipinski definition) is 1. The second-order valence-electron chi connectivity index (χ2n) is 4.56. The van der Waals surface area contributed by atoms with Crippen LogP contribution in [0, 0.1) is 5.82 Å². The number of aromatic nitrogens is 1. The van der Waals surface area contributed by atoms with Crippen LogP contribution >= 0.6 is 11.3 Å². The largest absolute Gasteiger partial charge is 0.397 e. The van der Waals surface area contributed by atoms with Crippen LogP contribution in [-0.2, 0) is 0 Å². The molecule has 0 radical (unpaired) electrons. The average molecular weight is 301 g/mol. The Morgan fingerprint density at radius 1 is 1.29 bits per heavy atom. The number of benzene rings is 1. The van der Waals surface area contributed by atoms with E-state index in [1.807, 2.05) is 0 Å². The van der Waals surface area contributed by atoms with E-state index < -0.39 is 0 Å². The summed E-state index contributed by atoms with van der Waals surface area (Å²) in [5, 5.41) is 0.825. The lowest BCUT2D eigenvalue weighted by molar-refractivity contribution is 0.0997. The van der Waals surface area contributed by atoms with Crippen molar-refractivity contribution in [3.8, 4) is 0 Å². The van der Waals surface area contributed by atoms with Crippen molar-refractivity contribution in [2.75, 3.05) is 17.7 Å². The molecule has 0 aliphatic rings. The molecule has 1 amide bonds. The summed E-state index contributed by atoms with van der Waals surface area (Å²) >= 11 is 1.31. The van der Waals surface area contributed by atoms with Crippen LogP contribution in [0.25, 0.3) is 10.1 Å². The lowest BCUT2D eigenvalue weighted by Crippen LogP contribution is -2.26. The van der Waals surface area contributed by atoms with E-state index in [1.54, 1.807) is 37.6 Å². The molecule has 1 aromatic carbocycles. The molecule has 3 aromatic rings. The van der Waals surface area contributed by atoms with Crippen molar-refractivity contribution in [2.45, 2.75) is 0 Å². The van der Waals surface area contributed by atoms with Crippen LogP contribution in [-0.4, -0.2) is 17.9 Å². The van der Waals surface area contributed by atoms with Gasteiger partial charge in [-0.25, -0.2) is 4.39 Å². The zero-order chi connectivity index (χ0) is 15.0. The van der Waals surface area contributed by atoms with Crippen molar-refractivity contribution in [3.63, 3.8) is 0 Å². The SMILES string of the molecule is CN(C(=O)c1sc2cnccc2c1N)c1ccc(F)cc1. The van der Waals surface area contributed by atoms with Gasteiger partial charge in [0.05, 0.1) is 10.4 Å². The van der Waals surface area contributed by atoms with E-state index in [4.69, 9.17) is 5.73 Å². The first-order valence-electron chi connectivity index (χ1n) is 6.23. The number of carbonyl (C=O) groups is 1. The van der Waals surface area contributed by atoms with Gasteiger partial charge in [-0.1, -0.05) is 0 Å². The van der Waals surface area contributed by atoms with Gasteiger partial charge in [-0.05, 0) is 30.3 Å². The van der Waals surface area contributed by atoms with Crippen molar-refractivity contribution < 1.29 is 9.18 Å². The molecule has 6 heteroatoms. The Bertz CT molecular complexity index is 813. The molecule has 2 heterocycles. The maximum absolute atomic E-state index is 12.9. The van der Waals surface area contributed by atoms with E-state index in [9.17, 15) is 9.18 Å². The van der Waals surface area contributed by atoms with Gasteiger partial charge < -0.3 is 10.6 Å². The summed E-state index contributed by atoms with van der Waals surface area (Å²) in [6.07, 6.45) is 3.33. The number of halogens is 1. The molecule has 0 spiro atoms. The monoisotopic (exact) mass is 301 g/mol. The fourth-order valence-corrected chi connectivity index (χ4v) is 3.13. The molecular formula is C15H12FN3OS. The van der Waals surface area contributed by atoms with Crippen molar-refractivity contribution in [1.82, 2.24) is 4.98 Å². The van der Waals surface area contributed by atoms with Gasteiger partial charge in [-0.3, -0.25) is 9.78 Å². The highest BCUT2D eigenvalue weighted by molar-refractivity contribution is 7.21. The lowest BCUT2D eigenvalue weighted by atomic mass is 10.2. The Kier molecular flexibility index (Phi) is 3.31. The summed E-state index contributed by atoms with van der Waals surface area (Å²) in [6.45, 7) is 0. The first-order valence-corrected chi connectivity index (χ1v) is 7.05. The van der Waals surface area contributed by atoms with Gasteiger partial charge >= 0.3 is 0 Å². The summed E-state index contributed by atoms with van der Waals surface area (Å²) in [6, 6.07) is 7.53. The number of rotatable bonds is 2. The second kappa shape index (κ2) is 5.14. The first-order chi connectivity index (χ1) is 10.1. The van der Waals surface area contributed by atoms with E-state index in [0.29, 0.717) is 16.3 Å². The van der Waals surface area contributed by atoms with Crippen LogP contribution in [0.5, 0.6) is 0 Å². The van der Waals surface area contributed by atoms with Gasteiger partial charge in [0.1, 0.15) is 10.7 Å². The number of fused-ring (bicyclic) bond motifs is 1. The molecule has 2 N–H and O–H groups in total. The van der Waals surface area contributed by atoms with Crippen molar-refractivity contribution >= 4 is 38.7 Å². The standard InChI is InChI=1S/C15H12FN3OS/c1-19(10-4-2-9(16)3-5-10)15(20)14-13(17)11-6-7-18-8-12(11)21-14/h2-8H,17H2,1H3. The van der Waals surface area contributed by atoms with Crippen LogP contribution in [0.2, 0.25) is 0 Å². The summed E-state index contributed by atoms with van der Waals surface area (Å²) in [5.41, 5.74) is 7.12. The Morgan fingerprint density at radius 2 is 2.00 bits per heavy atom. The van der Waals surface area contributed by atoms with Gasteiger partial charge in [0, 0.05) is 30.5 Å². The maximum Gasteiger partial charge on any atom is 0.270 e. The fraction of sp³-hybridized carbons (Fsp3) is 0.0667. The topological polar surface area (TPSA) is 59.2 Å². The molecule has 0 aliphatic heterocycles. The van der Waals surface area contributed by atoms with E-state index in [0.717, 1.165) is 10.1 Å². The molecule has 0 aliphatic carbocycles. The molecule has 21 heavy (non-hydrogen) atoms. The highest BCUT2D eigenvalue weighted by atomic mass is 32.1. The molecular weight excluding hydrogens is 289 g/mol. The van der Waals surface area contributed by atoms with Crippen LogP contribution in [0.15, 0.2) is 42.7 Å². The summed E-state index contributed by atoms with van der Waals surface area (Å²) < 4.78 is 13.8. The number of pyridine rings is 1. The molecule has 0 saturated heterocycles. The van der Waals surface area contributed by atoms with Crippen molar-refractivity contribution in [2.24, 2.45) is 0 Å². The number of carbonyl (C=O) groups excluding carboxylic acids is 1. The smallest absolute Gasteiger partial charge is 0.270 e. The van der Waals surface area contributed by atoms with Gasteiger partial charge in [-0.15, -0.1) is 11.3 Å². The number of nitrogens with two attached hydrogens (primary N) is 1. The fourth-order valence-electron chi connectivity index (χ4n) is 2.06. The van der Waals surface area contributed by atoms with Crippen molar-refractivity contribution in [3.05, 3.63) is 53.4 Å². The number of nitrogens with zero attached hydrogens (tertiary/aromatic N) is 2. The van der Waals surface area contributed by atoms with Gasteiger partial charge in [0.2, 0.25) is 0 Å². The maximum atomic E-state index is 12.9. The van der Waals surface area contributed by atoms with E-state index in [1.165, 1.54) is 28.4 Å². The Morgan fingerprint density at radius 3 is 2.67 bits per heavy atom. The van der Waals surface area contributed by atoms with Crippen LogP contribution in [0.4, 0.5) is 15.8 Å². The molecule has 0 bridgehead atoms. The molecule has 0 fully saturated rings. The van der Waals surface area contributed by atoms with E-state index >= 15 is 0 Å². The molecule has 3 rings (SSSR count). The summed E-state index contributed by atoms with van der Waals surface area (Å²) in [7, 11) is 1.64. The number of nitrogen functional groups attached to an aromatic ring is 1. The van der Waals surface area contributed by atoms with Gasteiger partial charge in [0.15, 0.2) is 0 Å². The Labute approximate surface area is 124 Å². The van der Waals surface area contributed by atoms with Crippen LogP contribution in [0.3, 0.4) is 0 Å².